The van der Waals surface area contributed by atoms with Gasteiger partial charge in [-0.15, -0.1) is 0 Å². The molecule has 0 saturated carbocycles. The molecule has 0 bridgehead atoms. The molecule has 0 aliphatic carbocycles. The Kier molecular flexibility index (Phi) is 2.56. The Hall–Kier alpha value is -0.500. The molecule has 1 nitrogen and oxygen atoms in total. The van der Waals surface area contributed by atoms with Gasteiger partial charge < -0.3 is 0 Å². The Morgan fingerprint density at radius 2 is 1.79 bits per heavy atom. The third kappa shape index (κ3) is 1.46. The van der Waals surface area contributed by atoms with Crippen molar-refractivity contribution in [3.05, 3.63) is 39.0 Å². The summed E-state index contributed by atoms with van der Waals surface area (Å²) in [6.07, 6.45) is 1.54. The zero-order valence-corrected chi connectivity index (χ0v) is 9.58. The van der Waals surface area contributed by atoms with Crippen LogP contribution in [0.1, 0.15) is 5.56 Å². The maximum Gasteiger partial charge on any atom is 0.0782 e. The van der Waals surface area contributed by atoms with Gasteiger partial charge >= 0.3 is 0 Å². The predicted molar refractivity (Wildman–Crippen MR) is 61.5 cm³/mol. The van der Waals surface area contributed by atoms with Gasteiger partial charge in [-0.3, -0.25) is 4.98 Å². The molecule has 0 amide bonds. The van der Waals surface area contributed by atoms with Crippen molar-refractivity contribution in [2.24, 2.45) is 0 Å². The minimum atomic E-state index is 0.459. The van der Waals surface area contributed by atoms with Gasteiger partial charge in [0.2, 0.25) is 0 Å². The van der Waals surface area contributed by atoms with Crippen LogP contribution in [0, 0.1) is 6.92 Å². The highest BCUT2D eigenvalue weighted by atomic mass is 35.5. The summed E-state index contributed by atoms with van der Waals surface area (Å²) in [5.74, 6) is 0. The number of fused-ring (bicyclic) bond motifs is 1. The second kappa shape index (κ2) is 3.58. The molecule has 0 fully saturated rings. The smallest absolute Gasteiger partial charge is 0.0782 e. The second-order valence-corrected chi connectivity index (χ2v) is 4.18. The standard InChI is InChI=1S/C10H6Cl3N/c1-5-7(11)3-2-6-9(13)8(12)4-14-10(5)6/h2-4H,1H3. The van der Waals surface area contributed by atoms with E-state index < -0.39 is 0 Å². The molecule has 1 aromatic carbocycles. The van der Waals surface area contributed by atoms with Crippen molar-refractivity contribution >= 4 is 45.7 Å². The molecule has 0 atom stereocenters. The largest absolute Gasteiger partial charge is 0.254 e. The summed E-state index contributed by atoms with van der Waals surface area (Å²) < 4.78 is 0. The van der Waals surface area contributed by atoms with Crippen LogP contribution in [0.4, 0.5) is 0 Å². The molecular weight excluding hydrogens is 240 g/mol. The van der Waals surface area contributed by atoms with Crippen LogP contribution in [0.2, 0.25) is 15.1 Å². The lowest BCUT2D eigenvalue weighted by Crippen LogP contribution is -1.86. The van der Waals surface area contributed by atoms with Crippen molar-refractivity contribution < 1.29 is 0 Å². The number of aromatic nitrogens is 1. The van der Waals surface area contributed by atoms with Crippen LogP contribution in [0.5, 0.6) is 0 Å². The molecule has 0 spiro atoms. The highest BCUT2D eigenvalue weighted by Gasteiger charge is 2.08. The average molecular weight is 247 g/mol. The van der Waals surface area contributed by atoms with E-state index in [1.165, 1.54) is 6.20 Å². The van der Waals surface area contributed by atoms with Gasteiger partial charge in [-0.05, 0) is 24.6 Å². The molecule has 0 unspecified atom stereocenters. The fraction of sp³-hybridized carbons (Fsp3) is 0.100. The monoisotopic (exact) mass is 245 g/mol. The lowest BCUT2D eigenvalue weighted by molar-refractivity contribution is 1.37. The molecule has 0 N–H and O–H groups in total. The number of nitrogens with zero attached hydrogens (tertiary/aromatic N) is 1. The van der Waals surface area contributed by atoms with E-state index in [0.29, 0.717) is 15.1 Å². The Bertz CT molecular complexity index is 461. The van der Waals surface area contributed by atoms with Crippen molar-refractivity contribution in [1.82, 2.24) is 4.98 Å². The van der Waals surface area contributed by atoms with E-state index in [0.717, 1.165) is 16.5 Å². The first-order valence-corrected chi connectivity index (χ1v) is 5.13. The van der Waals surface area contributed by atoms with Crippen molar-refractivity contribution in [1.29, 1.82) is 0 Å². The van der Waals surface area contributed by atoms with Crippen molar-refractivity contribution in [2.45, 2.75) is 6.92 Å². The number of benzene rings is 1. The molecule has 0 saturated heterocycles. The number of aryl methyl sites for hydroxylation is 1. The van der Waals surface area contributed by atoms with Gasteiger partial charge in [0.1, 0.15) is 0 Å². The first-order chi connectivity index (χ1) is 6.61. The van der Waals surface area contributed by atoms with Gasteiger partial charge in [-0.1, -0.05) is 34.8 Å². The minimum Gasteiger partial charge on any atom is -0.254 e. The first kappa shape index (κ1) is 10.0. The fourth-order valence-corrected chi connectivity index (χ4v) is 1.83. The molecule has 14 heavy (non-hydrogen) atoms. The number of hydrogen-bond acceptors (Lipinski definition) is 1. The second-order valence-electron chi connectivity index (χ2n) is 2.99. The van der Waals surface area contributed by atoms with Crippen LogP contribution < -0.4 is 0 Å². The summed E-state index contributed by atoms with van der Waals surface area (Å²) in [6, 6.07) is 3.62. The number of halogens is 3. The first-order valence-electron chi connectivity index (χ1n) is 4.00. The van der Waals surface area contributed by atoms with Crippen LogP contribution in [0.3, 0.4) is 0 Å². The molecular formula is C10H6Cl3N. The minimum absolute atomic E-state index is 0.459. The number of hydrogen-bond donors (Lipinski definition) is 0. The van der Waals surface area contributed by atoms with Crippen molar-refractivity contribution in [2.75, 3.05) is 0 Å². The highest BCUT2D eigenvalue weighted by molar-refractivity contribution is 6.45. The van der Waals surface area contributed by atoms with Gasteiger partial charge in [0.25, 0.3) is 0 Å². The maximum absolute atomic E-state index is 6.04. The predicted octanol–water partition coefficient (Wildman–Crippen LogP) is 4.50. The quantitative estimate of drug-likeness (QED) is 0.667. The Labute approximate surface area is 96.6 Å². The molecule has 72 valence electrons. The van der Waals surface area contributed by atoms with E-state index >= 15 is 0 Å². The van der Waals surface area contributed by atoms with E-state index in [9.17, 15) is 0 Å². The van der Waals surface area contributed by atoms with E-state index in [4.69, 9.17) is 34.8 Å². The molecule has 0 radical (unpaired) electrons. The van der Waals surface area contributed by atoms with E-state index in [-0.39, 0.29) is 0 Å². The molecule has 1 heterocycles. The third-order valence-electron chi connectivity index (χ3n) is 2.12. The highest BCUT2D eigenvalue weighted by Crippen LogP contribution is 2.32. The lowest BCUT2D eigenvalue weighted by Gasteiger charge is -2.05. The third-order valence-corrected chi connectivity index (χ3v) is 3.32. The van der Waals surface area contributed by atoms with Crippen LogP contribution in [0.15, 0.2) is 18.3 Å². The topological polar surface area (TPSA) is 12.9 Å². The summed E-state index contributed by atoms with van der Waals surface area (Å²) in [4.78, 5) is 4.20. The Morgan fingerprint density at radius 1 is 1.07 bits per heavy atom. The van der Waals surface area contributed by atoms with Crippen LogP contribution >= 0.6 is 34.8 Å². The van der Waals surface area contributed by atoms with Crippen LogP contribution in [-0.4, -0.2) is 4.98 Å². The molecule has 4 heteroatoms. The van der Waals surface area contributed by atoms with E-state index in [1.807, 2.05) is 13.0 Å². The Balaban J connectivity index is 2.94. The summed E-state index contributed by atoms with van der Waals surface area (Å²) >= 11 is 17.9. The Morgan fingerprint density at radius 3 is 2.50 bits per heavy atom. The SMILES string of the molecule is Cc1c(Cl)ccc2c(Cl)c(Cl)cnc12. The lowest BCUT2D eigenvalue weighted by atomic mass is 10.1. The van der Waals surface area contributed by atoms with Crippen LogP contribution in [-0.2, 0) is 0 Å². The van der Waals surface area contributed by atoms with Crippen LogP contribution in [0.25, 0.3) is 10.9 Å². The van der Waals surface area contributed by atoms with E-state index in [1.54, 1.807) is 6.07 Å². The molecule has 2 rings (SSSR count). The average Bonchev–Trinajstić information content (AvgIpc) is 2.17. The number of pyridine rings is 1. The van der Waals surface area contributed by atoms with Gasteiger partial charge in [-0.2, -0.15) is 0 Å². The zero-order chi connectivity index (χ0) is 10.3. The summed E-state index contributed by atoms with van der Waals surface area (Å²) in [7, 11) is 0. The summed E-state index contributed by atoms with van der Waals surface area (Å²) in [6.45, 7) is 1.90. The zero-order valence-electron chi connectivity index (χ0n) is 7.31. The summed E-state index contributed by atoms with van der Waals surface area (Å²) in [5.41, 5.74) is 1.72. The molecule has 0 aliphatic heterocycles. The van der Waals surface area contributed by atoms with Gasteiger partial charge in [0, 0.05) is 16.6 Å². The number of rotatable bonds is 0. The van der Waals surface area contributed by atoms with Gasteiger partial charge in [0.15, 0.2) is 0 Å². The van der Waals surface area contributed by atoms with Gasteiger partial charge in [-0.25, -0.2) is 0 Å². The van der Waals surface area contributed by atoms with Crippen molar-refractivity contribution in [3.63, 3.8) is 0 Å². The molecule has 0 aliphatic rings. The van der Waals surface area contributed by atoms with E-state index in [2.05, 4.69) is 4.98 Å². The fourth-order valence-electron chi connectivity index (χ4n) is 1.33. The normalized spacial score (nSPS) is 10.9. The summed E-state index contributed by atoms with van der Waals surface area (Å²) in [5, 5.41) is 2.50. The molecule has 2 aromatic rings. The van der Waals surface area contributed by atoms with Gasteiger partial charge in [0.05, 0.1) is 15.6 Å². The maximum atomic E-state index is 6.04. The van der Waals surface area contributed by atoms with Crippen molar-refractivity contribution in [3.8, 4) is 0 Å². The molecule has 1 aromatic heterocycles.